The van der Waals surface area contributed by atoms with Crippen LogP contribution >= 0.6 is 0 Å². The van der Waals surface area contributed by atoms with Gasteiger partial charge in [0.25, 0.3) is 5.91 Å². The van der Waals surface area contributed by atoms with Crippen molar-refractivity contribution in [1.29, 1.82) is 0 Å². The van der Waals surface area contributed by atoms with E-state index in [9.17, 15) is 4.79 Å². The first-order chi connectivity index (χ1) is 14.1. The maximum absolute atomic E-state index is 11.9. The van der Waals surface area contributed by atoms with Gasteiger partial charge >= 0.3 is 0 Å². The zero-order valence-electron chi connectivity index (χ0n) is 16.6. The number of rotatable bonds is 8. The van der Waals surface area contributed by atoms with E-state index in [0.717, 1.165) is 28.0 Å². The lowest BCUT2D eigenvalue weighted by molar-refractivity contribution is -0.123. The maximum atomic E-state index is 11.9. The summed E-state index contributed by atoms with van der Waals surface area (Å²) in [5.74, 6) is 1.09. The monoisotopic (exact) mass is 388 g/mol. The minimum Gasteiger partial charge on any atom is -0.489 e. The topological polar surface area (TPSA) is 59.9 Å². The van der Waals surface area contributed by atoms with E-state index in [2.05, 4.69) is 16.6 Å². The molecule has 3 aromatic rings. The van der Waals surface area contributed by atoms with Crippen LogP contribution < -0.4 is 14.9 Å². The summed E-state index contributed by atoms with van der Waals surface area (Å²) in [6.07, 6.45) is 1.57. The van der Waals surface area contributed by atoms with Crippen LogP contribution in [0.4, 0.5) is 0 Å². The Balaban J connectivity index is 1.47. The van der Waals surface area contributed by atoms with Crippen molar-refractivity contribution < 1.29 is 14.3 Å². The quantitative estimate of drug-likeness (QED) is 0.459. The number of ether oxygens (including phenoxy) is 2. The number of nitrogens with zero attached hydrogens (tertiary/aromatic N) is 1. The maximum Gasteiger partial charge on any atom is 0.277 e. The van der Waals surface area contributed by atoms with E-state index in [0.29, 0.717) is 12.4 Å². The zero-order valence-corrected chi connectivity index (χ0v) is 16.6. The predicted octanol–water partition coefficient (Wildman–Crippen LogP) is 4.41. The van der Waals surface area contributed by atoms with Crippen molar-refractivity contribution in [2.75, 3.05) is 6.61 Å². The lowest BCUT2D eigenvalue weighted by Crippen LogP contribution is -2.24. The largest absolute Gasteiger partial charge is 0.489 e. The summed E-state index contributed by atoms with van der Waals surface area (Å²) in [5, 5.41) is 3.99. The fraction of sp³-hybridized carbons (Fsp3) is 0.167. The molecule has 29 heavy (non-hydrogen) atoms. The van der Waals surface area contributed by atoms with Gasteiger partial charge in [0.05, 0.1) is 6.21 Å². The minimum atomic E-state index is -0.322. The minimum absolute atomic E-state index is 0.0968. The molecular weight excluding hydrogens is 364 g/mol. The van der Waals surface area contributed by atoms with Crippen LogP contribution in [0.2, 0.25) is 0 Å². The van der Waals surface area contributed by atoms with Gasteiger partial charge in [-0.05, 0) is 60.4 Å². The Morgan fingerprint density at radius 2 is 1.66 bits per heavy atom. The lowest BCUT2D eigenvalue weighted by Gasteiger charge is -2.07. The summed E-state index contributed by atoms with van der Waals surface area (Å²) in [6.45, 7) is 4.37. The molecule has 0 fully saturated rings. The van der Waals surface area contributed by atoms with Gasteiger partial charge in [0.2, 0.25) is 0 Å². The molecule has 0 aliphatic rings. The van der Waals surface area contributed by atoms with Gasteiger partial charge < -0.3 is 9.47 Å². The molecule has 0 heterocycles. The number of aryl methyl sites for hydroxylation is 2. The highest BCUT2D eigenvalue weighted by molar-refractivity contribution is 5.83. The smallest absolute Gasteiger partial charge is 0.277 e. The van der Waals surface area contributed by atoms with E-state index < -0.39 is 0 Å². The van der Waals surface area contributed by atoms with E-state index in [-0.39, 0.29) is 12.5 Å². The third-order valence-electron chi connectivity index (χ3n) is 4.07. The van der Waals surface area contributed by atoms with Crippen LogP contribution in [0, 0.1) is 13.8 Å². The van der Waals surface area contributed by atoms with Crippen molar-refractivity contribution in [2.24, 2.45) is 5.10 Å². The molecule has 148 valence electrons. The van der Waals surface area contributed by atoms with Crippen molar-refractivity contribution in [3.05, 3.63) is 95.1 Å². The second-order valence-electron chi connectivity index (χ2n) is 6.75. The Hall–Kier alpha value is -3.60. The number of benzene rings is 3. The third-order valence-corrected chi connectivity index (χ3v) is 4.07. The van der Waals surface area contributed by atoms with E-state index in [1.165, 1.54) is 0 Å². The van der Waals surface area contributed by atoms with E-state index in [1.54, 1.807) is 6.21 Å². The van der Waals surface area contributed by atoms with Crippen LogP contribution in [0.1, 0.15) is 22.3 Å². The summed E-state index contributed by atoms with van der Waals surface area (Å²) < 4.78 is 11.3. The standard InChI is InChI=1S/C24H24N2O3/c1-18-11-19(2)13-23(12-18)29-17-24(27)26-25-15-21-9-6-10-22(14-21)28-16-20-7-4-3-5-8-20/h3-15H,16-17H2,1-2H3,(H,26,27). The molecule has 5 heteroatoms. The Kier molecular flexibility index (Phi) is 7.00. The Labute approximate surface area is 171 Å². The molecule has 5 nitrogen and oxygen atoms in total. The van der Waals surface area contributed by atoms with Gasteiger partial charge in [-0.25, -0.2) is 5.43 Å². The zero-order chi connectivity index (χ0) is 20.5. The second-order valence-corrected chi connectivity index (χ2v) is 6.75. The van der Waals surface area contributed by atoms with Gasteiger partial charge in [0.1, 0.15) is 18.1 Å². The third kappa shape index (κ3) is 6.81. The summed E-state index contributed by atoms with van der Waals surface area (Å²) in [4.78, 5) is 11.9. The molecule has 0 atom stereocenters. The fourth-order valence-electron chi connectivity index (χ4n) is 2.80. The first kappa shape index (κ1) is 20.1. The van der Waals surface area contributed by atoms with Crippen LogP contribution in [0.25, 0.3) is 0 Å². The van der Waals surface area contributed by atoms with Crippen molar-refractivity contribution in [3.63, 3.8) is 0 Å². The molecule has 0 aromatic heterocycles. The molecule has 1 N–H and O–H groups in total. The van der Waals surface area contributed by atoms with Crippen molar-refractivity contribution in [2.45, 2.75) is 20.5 Å². The van der Waals surface area contributed by atoms with Gasteiger partial charge in [-0.2, -0.15) is 5.10 Å². The molecule has 0 saturated heterocycles. The molecular formula is C24H24N2O3. The predicted molar refractivity (Wildman–Crippen MR) is 114 cm³/mol. The number of hydrogen-bond donors (Lipinski definition) is 1. The average Bonchev–Trinajstić information content (AvgIpc) is 2.71. The summed E-state index contributed by atoms with van der Waals surface area (Å²) in [5.41, 5.74) is 6.58. The highest BCUT2D eigenvalue weighted by atomic mass is 16.5. The molecule has 1 amide bonds. The van der Waals surface area contributed by atoms with Crippen LogP contribution in [0.5, 0.6) is 11.5 Å². The van der Waals surface area contributed by atoms with Gasteiger partial charge in [-0.15, -0.1) is 0 Å². The first-order valence-electron chi connectivity index (χ1n) is 9.38. The van der Waals surface area contributed by atoms with E-state index >= 15 is 0 Å². The highest BCUT2D eigenvalue weighted by Gasteiger charge is 2.03. The Morgan fingerprint density at radius 1 is 0.897 bits per heavy atom. The van der Waals surface area contributed by atoms with Crippen LogP contribution in [-0.4, -0.2) is 18.7 Å². The normalized spacial score (nSPS) is 10.7. The molecule has 3 rings (SSSR count). The fourth-order valence-corrected chi connectivity index (χ4v) is 2.80. The molecule has 0 saturated carbocycles. The van der Waals surface area contributed by atoms with Gasteiger partial charge in [0, 0.05) is 0 Å². The number of amides is 1. The molecule has 0 aliphatic carbocycles. The van der Waals surface area contributed by atoms with Gasteiger partial charge in [-0.1, -0.05) is 48.5 Å². The number of hydrazone groups is 1. The molecule has 0 aliphatic heterocycles. The molecule has 0 spiro atoms. The van der Waals surface area contributed by atoms with Crippen molar-refractivity contribution in [1.82, 2.24) is 5.43 Å². The van der Waals surface area contributed by atoms with E-state index in [1.807, 2.05) is 80.6 Å². The second kappa shape index (κ2) is 10.1. The summed E-state index contributed by atoms with van der Waals surface area (Å²) in [7, 11) is 0. The number of nitrogens with one attached hydrogen (secondary N) is 1. The summed E-state index contributed by atoms with van der Waals surface area (Å²) >= 11 is 0. The lowest BCUT2D eigenvalue weighted by atomic mass is 10.1. The molecule has 0 unspecified atom stereocenters. The molecule has 3 aromatic carbocycles. The molecule has 0 radical (unpaired) electrons. The van der Waals surface area contributed by atoms with Crippen molar-refractivity contribution in [3.8, 4) is 11.5 Å². The average molecular weight is 388 g/mol. The molecule has 0 bridgehead atoms. The van der Waals surface area contributed by atoms with Crippen LogP contribution in [0.3, 0.4) is 0 Å². The van der Waals surface area contributed by atoms with E-state index in [4.69, 9.17) is 9.47 Å². The summed E-state index contributed by atoms with van der Waals surface area (Å²) in [6, 6.07) is 23.3. The highest BCUT2D eigenvalue weighted by Crippen LogP contribution is 2.16. The van der Waals surface area contributed by atoms with Crippen molar-refractivity contribution >= 4 is 12.1 Å². The number of carbonyl (C=O) groups excluding carboxylic acids is 1. The van der Waals surface area contributed by atoms with Gasteiger partial charge in [-0.3, -0.25) is 4.79 Å². The van der Waals surface area contributed by atoms with Gasteiger partial charge in [0.15, 0.2) is 6.61 Å². The van der Waals surface area contributed by atoms with Crippen LogP contribution in [0.15, 0.2) is 77.9 Å². The first-order valence-corrected chi connectivity index (χ1v) is 9.38. The number of carbonyl (C=O) groups is 1. The Bertz CT molecular complexity index is 964. The Morgan fingerprint density at radius 3 is 2.41 bits per heavy atom. The number of hydrogen-bond acceptors (Lipinski definition) is 4. The SMILES string of the molecule is Cc1cc(C)cc(OCC(=O)NN=Cc2cccc(OCc3ccccc3)c2)c1. The van der Waals surface area contributed by atoms with Crippen LogP contribution in [-0.2, 0) is 11.4 Å².